The van der Waals surface area contributed by atoms with Crippen molar-refractivity contribution in [3.05, 3.63) is 70.8 Å². The Morgan fingerprint density at radius 1 is 1.14 bits per heavy atom. The lowest BCUT2D eigenvalue weighted by atomic mass is 9.73. The van der Waals surface area contributed by atoms with E-state index in [1.165, 1.54) is 17.2 Å². The quantitative estimate of drug-likeness (QED) is 0.862. The van der Waals surface area contributed by atoms with Gasteiger partial charge >= 0.3 is 0 Å². The smallest absolute Gasteiger partial charge is 0.163 e. The third-order valence-corrected chi connectivity index (χ3v) is 4.29. The monoisotopic (exact) mass is 287 g/mol. The van der Waals surface area contributed by atoms with Crippen LogP contribution in [0.3, 0.4) is 0 Å². The Balaban J connectivity index is 1.82. The van der Waals surface area contributed by atoms with Gasteiger partial charge in [-0.15, -0.1) is 0 Å². The lowest BCUT2D eigenvalue weighted by Gasteiger charge is -2.33. The van der Waals surface area contributed by atoms with Crippen LogP contribution in [0.25, 0.3) is 0 Å². The van der Waals surface area contributed by atoms with E-state index in [9.17, 15) is 8.78 Å². The van der Waals surface area contributed by atoms with Gasteiger partial charge in [0.05, 0.1) is 0 Å². The van der Waals surface area contributed by atoms with Gasteiger partial charge in [-0.25, -0.2) is 8.78 Å². The molecule has 0 saturated carbocycles. The molecular formula is C18H19F2N. The van der Waals surface area contributed by atoms with E-state index < -0.39 is 11.6 Å². The SMILES string of the molecule is CCNC(CC1Cc2ccccc21)c1cccc(F)c1F. The molecule has 2 atom stereocenters. The van der Waals surface area contributed by atoms with Gasteiger partial charge in [0.1, 0.15) is 0 Å². The number of halogens is 2. The molecule has 2 aromatic rings. The van der Waals surface area contributed by atoms with Crippen molar-refractivity contribution in [3.63, 3.8) is 0 Å². The zero-order valence-corrected chi connectivity index (χ0v) is 12.1. The van der Waals surface area contributed by atoms with Gasteiger partial charge < -0.3 is 5.32 Å². The van der Waals surface area contributed by atoms with Crippen molar-refractivity contribution >= 4 is 0 Å². The molecule has 0 aliphatic heterocycles. The van der Waals surface area contributed by atoms with Gasteiger partial charge in [0, 0.05) is 11.6 Å². The molecule has 0 saturated heterocycles. The largest absolute Gasteiger partial charge is 0.310 e. The maximum atomic E-state index is 14.0. The van der Waals surface area contributed by atoms with Crippen LogP contribution in [0, 0.1) is 11.6 Å². The standard InChI is InChI=1S/C18H19F2N/c1-2-21-17(15-8-5-9-16(19)18(15)20)11-13-10-12-6-3-4-7-14(12)13/h3-9,13,17,21H,2,10-11H2,1H3. The molecule has 0 aromatic heterocycles. The van der Waals surface area contributed by atoms with Crippen LogP contribution in [0.4, 0.5) is 8.78 Å². The number of benzene rings is 2. The van der Waals surface area contributed by atoms with Gasteiger partial charge in [-0.05, 0) is 42.5 Å². The fraction of sp³-hybridized carbons (Fsp3) is 0.333. The van der Waals surface area contributed by atoms with Crippen LogP contribution < -0.4 is 5.32 Å². The molecule has 2 unspecified atom stereocenters. The Labute approximate surface area is 124 Å². The lowest BCUT2D eigenvalue weighted by Crippen LogP contribution is -2.28. The molecular weight excluding hydrogens is 268 g/mol. The van der Waals surface area contributed by atoms with Crippen LogP contribution in [0.5, 0.6) is 0 Å². The van der Waals surface area contributed by atoms with Crippen molar-refractivity contribution in [1.29, 1.82) is 0 Å². The first-order valence-corrected chi connectivity index (χ1v) is 7.45. The minimum Gasteiger partial charge on any atom is -0.310 e. The summed E-state index contributed by atoms with van der Waals surface area (Å²) in [5, 5.41) is 3.29. The van der Waals surface area contributed by atoms with Crippen molar-refractivity contribution in [1.82, 2.24) is 5.32 Å². The third kappa shape index (κ3) is 2.70. The molecule has 110 valence electrons. The fourth-order valence-corrected chi connectivity index (χ4v) is 3.21. The summed E-state index contributed by atoms with van der Waals surface area (Å²) >= 11 is 0. The van der Waals surface area contributed by atoms with Crippen molar-refractivity contribution in [2.24, 2.45) is 0 Å². The van der Waals surface area contributed by atoms with Gasteiger partial charge in [0.25, 0.3) is 0 Å². The lowest BCUT2D eigenvalue weighted by molar-refractivity contribution is 0.410. The number of fused-ring (bicyclic) bond motifs is 1. The molecule has 1 N–H and O–H groups in total. The van der Waals surface area contributed by atoms with Crippen molar-refractivity contribution in [3.8, 4) is 0 Å². The average Bonchev–Trinajstić information content (AvgIpc) is 2.47. The van der Waals surface area contributed by atoms with Crippen molar-refractivity contribution < 1.29 is 8.78 Å². The first kappa shape index (κ1) is 14.2. The van der Waals surface area contributed by atoms with Crippen LogP contribution in [-0.4, -0.2) is 6.54 Å². The highest BCUT2D eigenvalue weighted by Crippen LogP contribution is 2.41. The van der Waals surface area contributed by atoms with Crippen LogP contribution in [0.1, 0.15) is 42.0 Å². The minimum atomic E-state index is -0.774. The van der Waals surface area contributed by atoms with Crippen molar-refractivity contribution in [2.45, 2.75) is 31.7 Å². The highest BCUT2D eigenvalue weighted by molar-refractivity contribution is 5.40. The van der Waals surface area contributed by atoms with Gasteiger partial charge in [0.15, 0.2) is 11.6 Å². The van der Waals surface area contributed by atoms with Crippen LogP contribution in [0.15, 0.2) is 42.5 Å². The van der Waals surface area contributed by atoms with Gasteiger partial charge in [-0.2, -0.15) is 0 Å². The van der Waals surface area contributed by atoms with E-state index in [2.05, 4.69) is 17.4 Å². The Morgan fingerprint density at radius 3 is 2.71 bits per heavy atom. The molecule has 2 aromatic carbocycles. The van der Waals surface area contributed by atoms with E-state index in [0.717, 1.165) is 19.4 Å². The zero-order valence-electron chi connectivity index (χ0n) is 12.1. The molecule has 3 rings (SSSR count). The maximum Gasteiger partial charge on any atom is 0.163 e. The summed E-state index contributed by atoms with van der Waals surface area (Å²) in [6.07, 6.45) is 1.82. The van der Waals surface area contributed by atoms with E-state index in [4.69, 9.17) is 0 Å². The summed E-state index contributed by atoms with van der Waals surface area (Å²) in [5.74, 6) is -1.08. The van der Waals surface area contributed by atoms with E-state index in [-0.39, 0.29) is 6.04 Å². The number of hydrogen-bond acceptors (Lipinski definition) is 1. The Kier molecular flexibility index (Phi) is 4.02. The van der Waals surface area contributed by atoms with E-state index >= 15 is 0 Å². The molecule has 0 spiro atoms. The average molecular weight is 287 g/mol. The second-order valence-electron chi connectivity index (χ2n) is 5.59. The predicted molar refractivity (Wildman–Crippen MR) is 80.3 cm³/mol. The molecule has 0 heterocycles. The molecule has 1 aliphatic carbocycles. The second-order valence-corrected chi connectivity index (χ2v) is 5.59. The Morgan fingerprint density at radius 2 is 1.95 bits per heavy atom. The van der Waals surface area contributed by atoms with Gasteiger partial charge in [-0.3, -0.25) is 0 Å². The topological polar surface area (TPSA) is 12.0 Å². The van der Waals surface area contributed by atoms with Crippen molar-refractivity contribution in [2.75, 3.05) is 6.54 Å². The molecule has 1 aliphatic rings. The minimum absolute atomic E-state index is 0.149. The molecule has 0 fully saturated rings. The van der Waals surface area contributed by atoms with Gasteiger partial charge in [0.2, 0.25) is 0 Å². The van der Waals surface area contributed by atoms with Crippen LogP contribution in [-0.2, 0) is 6.42 Å². The number of nitrogens with one attached hydrogen (secondary N) is 1. The summed E-state index contributed by atoms with van der Waals surface area (Å²) in [4.78, 5) is 0. The van der Waals surface area contributed by atoms with Gasteiger partial charge in [-0.1, -0.05) is 43.3 Å². The summed E-state index contributed by atoms with van der Waals surface area (Å²) in [6.45, 7) is 2.72. The molecule has 0 radical (unpaired) electrons. The second kappa shape index (κ2) is 5.94. The Bertz CT molecular complexity index is 639. The summed E-state index contributed by atoms with van der Waals surface area (Å²) in [5.41, 5.74) is 3.15. The molecule has 0 bridgehead atoms. The summed E-state index contributed by atoms with van der Waals surface area (Å²) in [7, 11) is 0. The predicted octanol–water partition coefficient (Wildman–Crippen LogP) is 4.35. The molecule has 1 nitrogen and oxygen atoms in total. The maximum absolute atomic E-state index is 14.0. The van der Waals surface area contributed by atoms with E-state index in [0.29, 0.717) is 11.5 Å². The highest BCUT2D eigenvalue weighted by Gasteiger charge is 2.29. The summed E-state index contributed by atoms with van der Waals surface area (Å²) < 4.78 is 27.5. The first-order valence-electron chi connectivity index (χ1n) is 7.45. The highest BCUT2D eigenvalue weighted by atomic mass is 19.2. The zero-order chi connectivity index (χ0) is 14.8. The Hall–Kier alpha value is -1.74. The third-order valence-electron chi connectivity index (χ3n) is 4.29. The van der Waals surface area contributed by atoms with Crippen LogP contribution >= 0.6 is 0 Å². The van der Waals surface area contributed by atoms with E-state index in [1.807, 2.05) is 19.1 Å². The van der Waals surface area contributed by atoms with Crippen LogP contribution in [0.2, 0.25) is 0 Å². The molecule has 0 amide bonds. The number of rotatable bonds is 5. The number of hydrogen-bond donors (Lipinski definition) is 1. The fourth-order valence-electron chi connectivity index (χ4n) is 3.21. The first-order chi connectivity index (χ1) is 10.2. The molecule has 21 heavy (non-hydrogen) atoms. The normalized spacial score (nSPS) is 18.0. The van der Waals surface area contributed by atoms with E-state index in [1.54, 1.807) is 12.1 Å². The molecule has 3 heteroatoms. The summed E-state index contributed by atoms with van der Waals surface area (Å²) in [6, 6.07) is 12.6.